The second-order valence-corrected chi connectivity index (χ2v) is 8.45. The smallest absolute Gasteiger partial charge is 0.282 e. The maximum atomic E-state index is 13.2. The molecule has 0 amide bonds. The molecule has 0 saturated heterocycles. The molecule has 1 saturated carbocycles. The number of rotatable bonds is 5. The van der Waals surface area contributed by atoms with E-state index in [9.17, 15) is 4.79 Å². The van der Waals surface area contributed by atoms with Gasteiger partial charge >= 0.3 is 0 Å². The Hall–Kier alpha value is -2.66. The van der Waals surface area contributed by atoms with Gasteiger partial charge in [0.2, 0.25) is 0 Å². The fraction of sp³-hybridized carbons (Fsp3) is 0.375. The molecule has 1 aromatic heterocycles. The first-order valence-electron chi connectivity index (χ1n) is 10.5. The van der Waals surface area contributed by atoms with E-state index in [1.807, 2.05) is 44.2 Å². The van der Waals surface area contributed by atoms with Gasteiger partial charge in [-0.15, -0.1) is 0 Å². The van der Waals surface area contributed by atoms with Crippen LogP contribution in [0.3, 0.4) is 0 Å². The van der Waals surface area contributed by atoms with Crippen molar-refractivity contribution in [3.8, 4) is 5.75 Å². The molecule has 0 radical (unpaired) electrons. The molecule has 0 bridgehead atoms. The fourth-order valence-electron chi connectivity index (χ4n) is 3.95. The highest BCUT2D eigenvalue weighted by Gasteiger charge is 2.22. The van der Waals surface area contributed by atoms with Gasteiger partial charge in [0, 0.05) is 5.92 Å². The van der Waals surface area contributed by atoms with Crippen molar-refractivity contribution in [3.05, 3.63) is 69.2 Å². The molecule has 3 aromatic rings. The Balaban J connectivity index is 1.74. The van der Waals surface area contributed by atoms with E-state index in [1.54, 1.807) is 18.3 Å². The predicted molar refractivity (Wildman–Crippen MR) is 122 cm³/mol. The molecule has 6 heteroatoms. The van der Waals surface area contributed by atoms with Crippen molar-refractivity contribution in [1.29, 1.82) is 0 Å². The van der Waals surface area contributed by atoms with Crippen LogP contribution in [-0.4, -0.2) is 22.0 Å². The molecule has 0 spiro atoms. The minimum absolute atomic E-state index is 0.0438. The number of para-hydroxylation sites is 1. The normalized spacial score (nSPS) is 15.3. The molecule has 1 fully saturated rings. The van der Waals surface area contributed by atoms with Crippen molar-refractivity contribution in [2.75, 3.05) is 0 Å². The number of nitrogens with zero attached hydrogens (tertiary/aromatic N) is 3. The monoisotopic (exact) mass is 423 g/mol. The van der Waals surface area contributed by atoms with Gasteiger partial charge in [-0.1, -0.05) is 43.0 Å². The Bertz CT molecular complexity index is 1130. The molecule has 4 rings (SSSR count). The highest BCUT2D eigenvalue weighted by atomic mass is 35.5. The summed E-state index contributed by atoms with van der Waals surface area (Å²) >= 11 is 6.35. The van der Waals surface area contributed by atoms with Crippen LogP contribution in [-0.2, 0) is 0 Å². The van der Waals surface area contributed by atoms with Gasteiger partial charge in [-0.25, -0.2) is 4.98 Å². The largest absolute Gasteiger partial charge is 0.489 e. The average Bonchev–Trinajstić information content (AvgIpc) is 2.75. The lowest BCUT2D eigenvalue weighted by Crippen LogP contribution is -2.25. The molecule has 0 aliphatic heterocycles. The van der Waals surface area contributed by atoms with E-state index in [-0.39, 0.29) is 17.6 Å². The standard InChI is InChI=1S/C24H26ClN3O2/c1-16(2)30-22-13-12-17(14-20(22)25)15-26-28-23(18-8-4-3-5-9-18)27-21-11-7-6-10-19(21)24(28)29/h6-7,10-16,18H,3-5,8-9H2,1-2H3. The summed E-state index contributed by atoms with van der Waals surface area (Å²) in [6, 6.07) is 13.0. The topological polar surface area (TPSA) is 56.5 Å². The maximum absolute atomic E-state index is 13.2. The summed E-state index contributed by atoms with van der Waals surface area (Å²) in [5.41, 5.74) is 1.39. The highest BCUT2D eigenvalue weighted by Crippen LogP contribution is 2.32. The van der Waals surface area contributed by atoms with Crippen molar-refractivity contribution in [2.24, 2.45) is 5.10 Å². The lowest BCUT2D eigenvalue weighted by atomic mass is 9.88. The van der Waals surface area contributed by atoms with Crippen LogP contribution >= 0.6 is 11.6 Å². The molecule has 2 aromatic carbocycles. The van der Waals surface area contributed by atoms with Gasteiger partial charge in [0.05, 0.1) is 28.2 Å². The molecule has 0 unspecified atom stereocenters. The van der Waals surface area contributed by atoms with E-state index in [2.05, 4.69) is 5.10 Å². The summed E-state index contributed by atoms with van der Waals surface area (Å²) in [5, 5.41) is 5.64. The Morgan fingerprint density at radius 2 is 1.93 bits per heavy atom. The lowest BCUT2D eigenvalue weighted by Gasteiger charge is -2.22. The lowest BCUT2D eigenvalue weighted by molar-refractivity contribution is 0.242. The van der Waals surface area contributed by atoms with Gasteiger partial charge in [-0.2, -0.15) is 9.78 Å². The molecule has 1 aliphatic rings. The van der Waals surface area contributed by atoms with Crippen LogP contribution in [0.5, 0.6) is 5.75 Å². The van der Waals surface area contributed by atoms with Gasteiger partial charge in [0.25, 0.3) is 5.56 Å². The van der Waals surface area contributed by atoms with Crippen LogP contribution < -0.4 is 10.3 Å². The number of hydrogen-bond donors (Lipinski definition) is 0. The second kappa shape index (κ2) is 9.00. The van der Waals surface area contributed by atoms with Crippen molar-refractivity contribution in [3.63, 3.8) is 0 Å². The zero-order valence-electron chi connectivity index (χ0n) is 17.3. The highest BCUT2D eigenvalue weighted by molar-refractivity contribution is 6.32. The number of benzene rings is 2. The first-order valence-corrected chi connectivity index (χ1v) is 10.9. The van der Waals surface area contributed by atoms with Gasteiger partial charge in [0.1, 0.15) is 11.6 Å². The Kier molecular flexibility index (Phi) is 6.18. The molecular formula is C24H26ClN3O2. The van der Waals surface area contributed by atoms with Crippen molar-refractivity contribution in [2.45, 2.75) is 58.0 Å². The van der Waals surface area contributed by atoms with Crippen molar-refractivity contribution in [1.82, 2.24) is 9.66 Å². The summed E-state index contributed by atoms with van der Waals surface area (Å²) in [6.07, 6.45) is 7.33. The van der Waals surface area contributed by atoms with Crippen LogP contribution in [0.15, 0.2) is 52.4 Å². The molecule has 0 atom stereocenters. The van der Waals surface area contributed by atoms with Crippen LogP contribution in [0.2, 0.25) is 5.02 Å². The third-order valence-corrected chi connectivity index (χ3v) is 5.69. The Labute approximate surface area is 181 Å². The third-order valence-electron chi connectivity index (χ3n) is 5.39. The van der Waals surface area contributed by atoms with Crippen molar-refractivity contribution < 1.29 is 4.74 Å². The van der Waals surface area contributed by atoms with E-state index in [4.69, 9.17) is 21.3 Å². The summed E-state index contributed by atoms with van der Waals surface area (Å²) in [6.45, 7) is 3.91. The van der Waals surface area contributed by atoms with Gasteiger partial charge in [-0.05, 0) is 62.6 Å². The predicted octanol–water partition coefficient (Wildman–Crippen LogP) is 5.77. The summed E-state index contributed by atoms with van der Waals surface area (Å²) in [5.74, 6) is 1.63. The molecule has 0 N–H and O–H groups in total. The van der Waals surface area contributed by atoms with E-state index < -0.39 is 0 Å². The summed E-state index contributed by atoms with van der Waals surface area (Å²) < 4.78 is 7.16. The Morgan fingerprint density at radius 3 is 2.67 bits per heavy atom. The van der Waals surface area contributed by atoms with E-state index in [0.29, 0.717) is 16.2 Å². The molecule has 1 aliphatic carbocycles. The summed E-state index contributed by atoms with van der Waals surface area (Å²) in [7, 11) is 0. The second-order valence-electron chi connectivity index (χ2n) is 8.04. The van der Waals surface area contributed by atoms with Crippen LogP contribution in [0, 0.1) is 0 Å². The van der Waals surface area contributed by atoms with E-state index in [0.717, 1.165) is 42.6 Å². The van der Waals surface area contributed by atoms with Crippen LogP contribution in [0.1, 0.15) is 63.3 Å². The fourth-order valence-corrected chi connectivity index (χ4v) is 4.18. The minimum Gasteiger partial charge on any atom is -0.489 e. The molecular weight excluding hydrogens is 398 g/mol. The third kappa shape index (κ3) is 4.41. The van der Waals surface area contributed by atoms with Crippen LogP contribution in [0.25, 0.3) is 10.9 Å². The zero-order valence-corrected chi connectivity index (χ0v) is 18.1. The number of hydrogen-bond acceptors (Lipinski definition) is 4. The van der Waals surface area contributed by atoms with Crippen molar-refractivity contribution >= 4 is 28.7 Å². The van der Waals surface area contributed by atoms with Gasteiger partial charge in [0.15, 0.2) is 0 Å². The zero-order chi connectivity index (χ0) is 21.1. The molecule has 5 nitrogen and oxygen atoms in total. The average molecular weight is 424 g/mol. The number of ether oxygens (including phenoxy) is 1. The summed E-state index contributed by atoms with van der Waals surface area (Å²) in [4.78, 5) is 18.1. The van der Waals surface area contributed by atoms with Gasteiger partial charge in [-0.3, -0.25) is 4.79 Å². The quantitative estimate of drug-likeness (QED) is 0.489. The van der Waals surface area contributed by atoms with E-state index in [1.165, 1.54) is 11.1 Å². The number of fused-ring (bicyclic) bond motifs is 1. The first kappa shape index (κ1) is 20.6. The van der Waals surface area contributed by atoms with Gasteiger partial charge < -0.3 is 4.74 Å². The Morgan fingerprint density at radius 1 is 1.17 bits per heavy atom. The maximum Gasteiger partial charge on any atom is 0.282 e. The van der Waals surface area contributed by atoms with E-state index >= 15 is 0 Å². The van der Waals surface area contributed by atoms with Crippen LogP contribution in [0.4, 0.5) is 0 Å². The number of halogens is 1. The minimum atomic E-state index is -0.136. The molecule has 156 valence electrons. The SMILES string of the molecule is CC(C)Oc1ccc(C=Nn2c(C3CCCCC3)nc3ccccc3c2=O)cc1Cl. The molecule has 30 heavy (non-hydrogen) atoms. The number of aromatic nitrogens is 2. The molecule has 1 heterocycles. The first-order chi connectivity index (χ1) is 14.5.